The first-order valence-electron chi connectivity index (χ1n) is 7.58. The molecule has 0 aliphatic carbocycles. The molecular formula is C15H22FN3O3. The Hall–Kier alpha value is -1.57. The maximum atomic E-state index is 13.3. The highest BCUT2D eigenvalue weighted by Crippen LogP contribution is 2.24. The van der Waals surface area contributed by atoms with Gasteiger partial charge in [-0.2, -0.15) is 4.39 Å². The van der Waals surface area contributed by atoms with Gasteiger partial charge in [0.2, 0.25) is 5.82 Å². The van der Waals surface area contributed by atoms with E-state index in [0.717, 1.165) is 51.4 Å². The third-order valence-corrected chi connectivity index (χ3v) is 4.18. The average Bonchev–Trinajstić information content (AvgIpc) is 2.53. The third kappa shape index (κ3) is 4.22. The van der Waals surface area contributed by atoms with Crippen molar-refractivity contribution < 1.29 is 14.4 Å². The van der Waals surface area contributed by atoms with Gasteiger partial charge in [-0.05, 0) is 24.6 Å². The summed E-state index contributed by atoms with van der Waals surface area (Å²) in [6, 6.07) is 3.56. The maximum absolute atomic E-state index is 13.3. The summed E-state index contributed by atoms with van der Waals surface area (Å²) in [5, 5.41) is 20.9. The van der Waals surface area contributed by atoms with Crippen molar-refractivity contribution in [2.24, 2.45) is 0 Å². The molecule has 0 radical (unpaired) electrons. The summed E-state index contributed by atoms with van der Waals surface area (Å²) in [6.45, 7) is 7.89. The molecule has 0 saturated carbocycles. The molecule has 1 unspecified atom stereocenters. The van der Waals surface area contributed by atoms with E-state index in [0.29, 0.717) is 12.0 Å². The summed E-state index contributed by atoms with van der Waals surface area (Å²) >= 11 is 0. The van der Waals surface area contributed by atoms with Crippen LogP contribution < -0.4 is 0 Å². The number of hydrogen-bond acceptors (Lipinski definition) is 5. The lowest BCUT2D eigenvalue weighted by atomic mass is 10.1. The highest BCUT2D eigenvalue weighted by molar-refractivity contribution is 5.37. The van der Waals surface area contributed by atoms with E-state index in [1.165, 1.54) is 6.07 Å². The van der Waals surface area contributed by atoms with Gasteiger partial charge >= 0.3 is 5.69 Å². The molecule has 22 heavy (non-hydrogen) atoms. The number of nitro benzene ring substituents is 1. The smallest absolute Gasteiger partial charge is 0.305 e. The Morgan fingerprint density at radius 2 is 1.95 bits per heavy atom. The van der Waals surface area contributed by atoms with E-state index in [1.54, 1.807) is 0 Å². The Bertz CT molecular complexity index is 519. The van der Waals surface area contributed by atoms with Crippen LogP contribution in [0.3, 0.4) is 0 Å². The van der Waals surface area contributed by atoms with E-state index in [2.05, 4.69) is 16.7 Å². The first-order valence-corrected chi connectivity index (χ1v) is 7.58. The number of likely N-dealkylation sites (N-methyl/N-ethyl adjacent to an activating group) is 1. The minimum Gasteiger partial charge on any atom is -0.388 e. The van der Waals surface area contributed by atoms with Gasteiger partial charge in [-0.25, -0.2) is 0 Å². The normalized spacial score (nSPS) is 18.3. The Kier molecular flexibility index (Phi) is 5.82. The zero-order chi connectivity index (χ0) is 16.1. The lowest BCUT2D eigenvalue weighted by Gasteiger charge is -2.34. The highest BCUT2D eigenvalue weighted by atomic mass is 19.1. The van der Waals surface area contributed by atoms with Gasteiger partial charge in [0.25, 0.3) is 0 Å². The number of piperazine rings is 1. The first-order chi connectivity index (χ1) is 10.5. The number of rotatable bonds is 6. The van der Waals surface area contributed by atoms with Crippen molar-refractivity contribution in [3.8, 4) is 0 Å². The third-order valence-electron chi connectivity index (χ3n) is 4.18. The molecule has 0 aromatic heterocycles. The average molecular weight is 311 g/mol. The van der Waals surface area contributed by atoms with Crippen LogP contribution in [-0.4, -0.2) is 59.1 Å². The van der Waals surface area contributed by atoms with Crippen molar-refractivity contribution in [2.75, 3.05) is 39.3 Å². The van der Waals surface area contributed by atoms with Crippen LogP contribution in [0.5, 0.6) is 0 Å². The van der Waals surface area contributed by atoms with Gasteiger partial charge in [0.05, 0.1) is 11.0 Å². The van der Waals surface area contributed by atoms with Gasteiger partial charge in [0.15, 0.2) is 0 Å². The maximum Gasteiger partial charge on any atom is 0.305 e. The molecule has 7 heteroatoms. The minimum absolute atomic E-state index is 0.389. The number of aliphatic hydroxyl groups excluding tert-OH is 1. The predicted octanol–water partition coefficient (Wildman–Crippen LogP) is 1.79. The molecule has 1 fully saturated rings. The van der Waals surface area contributed by atoms with Crippen molar-refractivity contribution in [3.05, 3.63) is 39.7 Å². The molecule has 1 aliphatic rings. The second-order valence-electron chi connectivity index (χ2n) is 5.55. The molecule has 1 N–H and O–H groups in total. The number of benzene rings is 1. The Balaban J connectivity index is 1.89. The zero-order valence-corrected chi connectivity index (χ0v) is 12.7. The minimum atomic E-state index is -0.878. The zero-order valence-electron chi connectivity index (χ0n) is 12.7. The van der Waals surface area contributed by atoms with Gasteiger partial charge in [-0.3, -0.25) is 10.1 Å². The number of aliphatic hydroxyl groups is 1. The quantitative estimate of drug-likeness (QED) is 0.641. The van der Waals surface area contributed by atoms with Crippen LogP contribution in [-0.2, 0) is 0 Å². The van der Waals surface area contributed by atoms with E-state index in [4.69, 9.17) is 0 Å². The van der Waals surface area contributed by atoms with Crippen LogP contribution in [0.25, 0.3) is 0 Å². The Morgan fingerprint density at radius 3 is 2.55 bits per heavy atom. The van der Waals surface area contributed by atoms with Crippen LogP contribution >= 0.6 is 0 Å². The van der Waals surface area contributed by atoms with Crippen molar-refractivity contribution in [1.29, 1.82) is 0 Å². The van der Waals surface area contributed by atoms with E-state index in [1.807, 2.05) is 0 Å². The van der Waals surface area contributed by atoms with Crippen LogP contribution in [0.15, 0.2) is 18.2 Å². The second-order valence-corrected chi connectivity index (χ2v) is 5.55. The highest BCUT2D eigenvalue weighted by Gasteiger charge is 2.20. The SMILES string of the molecule is CCN1CCN(CCC(O)c2ccc(F)c([N+](=O)[O-])c2)CC1. The fraction of sp³-hybridized carbons (Fsp3) is 0.600. The first kappa shape index (κ1) is 16.8. The standard InChI is InChI=1S/C15H22FN3O3/c1-2-17-7-9-18(10-8-17)6-5-15(20)12-3-4-13(16)14(11-12)19(21)22/h3-4,11,15,20H,2,5-10H2,1H3. The van der Waals surface area contributed by atoms with Crippen LogP contribution in [0.2, 0.25) is 0 Å². The van der Waals surface area contributed by atoms with E-state index in [9.17, 15) is 19.6 Å². The van der Waals surface area contributed by atoms with Crippen molar-refractivity contribution in [2.45, 2.75) is 19.4 Å². The molecule has 1 aliphatic heterocycles. The molecule has 1 heterocycles. The van der Waals surface area contributed by atoms with Crippen LogP contribution in [0.4, 0.5) is 10.1 Å². The van der Waals surface area contributed by atoms with Crippen LogP contribution in [0, 0.1) is 15.9 Å². The molecule has 1 aromatic rings. The molecule has 6 nitrogen and oxygen atoms in total. The van der Waals surface area contributed by atoms with Gasteiger partial charge in [0.1, 0.15) is 0 Å². The number of halogens is 1. The lowest BCUT2D eigenvalue weighted by molar-refractivity contribution is -0.387. The van der Waals surface area contributed by atoms with E-state index >= 15 is 0 Å². The summed E-state index contributed by atoms with van der Waals surface area (Å²) in [5.74, 6) is -0.878. The van der Waals surface area contributed by atoms with Crippen molar-refractivity contribution in [3.63, 3.8) is 0 Å². The van der Waals surface area contributed by atoms with Crippen molar-refractivity contribution in [1.82, 2.24) is 9.80 Å². The lowest BCUT2D eigenvalue weighted by Crippen LogP contribution is -2.46. The topological polar surface area (TPSA) is 69.8 Å². The Morgan fingerprint density at radius 1 is 1.32 bits per heavy atom. The molecule has 1 atom stereocenters. The summed E-state index contributed by atoms with van der Waals surface area (Å²) < 4.78 is 13.3. The molecule has 122 valence electrons. The largest absolute Gasteiger partial charge is 0.388 e. The molecule has 1 saturated heterocycles. The number of nitro groups is 1. The fourth-order valence-electron chi connectivity index (χ4n) is 2.68. The number of hydrogen-bond donors (Lipinski definition) is 1. The molecule has 0 amide bonds. The molecule has 0 bridgehead atoms. The molecular weight excluding hydrogens is 289 g/mol. The summed E-state index contributed by atoms with van der Waals surface area (Å²) in [6.07, 6.45) is -0.335. The van der Waals surface area contributed by atoms with Gasteiger partial charge < -0.3 is 14.9 Å². The van der Waals surface area contributed by atoms with Gasteiger partial charge in [-0.1, -0.05) is 13.0 Å². The van der Waals surface area contributed by atoms with Gasteiger partial charge in [0, 0.05) is 38.8 Å². The molecule has 0 spiro atoms. The summed E-state index contributed by atoms with van der Waals surface area (Å²) in [5.41, 5.74) is -0.201. The van der Waals surface area contributed by atoms with E-state index < -0.39 is 22.5 Å². The fourth-order valence-corrected chi connectivity index (χ4v) is 2.68. The Labute approximate surface area is 129 Å². The monoisotopic (exact) mass is 311 g/mol. The second kappa shape index (κ2) is 7.62. The number of nitrogens with zero attached hydrogens (tertiary/aromatic N) is 3. The molecule has 1 aromatic carbocycles. The van der Waals surface area contributed by atoms with Crippen LogP contribution in [0.1, 0.15) is 25.0 Å². The summed E-state index contributed by atoms with van der Waals surface area (Å²) in [7, 11) is 0. The summed E-state index contributed by atoms with van der Waals surface area (Å²) in [4.78, 5) is 14.6. The van der Waals surface area contributed by atoms with E-state index in [-0.39, 0.29) is 0 Å². The predicted molar refractivity (Wildman–Crippen MR) is 81.2 cm³/mol. The van der Waals surface area contributed by atoms with Gasteiger partial charge in [-0.15, -0.1) is 0 Å². The van der Waals surface area contributed by atoms with Crippen molar-refractivity contribution >= 4 is 5.69 Å². The molecule has 2 rings (SSSR count).